The molecule has 0 fully saturated rings. The van der Waals surface area contributed by atoms with Gasteiger partial charge in [-0.2, -0.15) is 12.1 Å². The number of hydrogen-bond acceptors (Lipinski definition) is 0. The summed E-state index contributed by atoms with van der Waals surface area (Å²) < 4.78 is 0. The number of fused-ring (bicyclic) bond motifs is 2. The summed E-state index contributed by atoms with van der Waals surface area (Å²) in [4.78, 5) is 0. The van der Waals surface area contributed by atoms with E-state index in [1.54, 1.807) is 23.3 Å². The SMILES string of the molecule is CC(C)(C)c1ccc(-c2cccc3[cH-]c(C[Si](C)(C)C)cc23)cc1.CC(C)(C)c1ccc(-c2cccc3[cH-]c(C[Si](C)(C)C)cc23)cc1.C[Si](C)=[Zr+2].[Cl-].[Cl-]. The fraction of sp³-hybridized carbons (Fsp3) is 0.375. The summed E-state index contributed by atoms with van der Waals surface area (Å²) in [6, 6.07) is 43.7. The molecule has 0 saturated heterocycles. The zero-order valence-corrected chi connectivity index (χ0v) is 42.5. The van der Waals surface area contributed by atoms with Crippen molar-refractivity contribution in [3.8, 4) is 22.3 Å². The summed E-state index contributed by atoms with van der Waals surface area (Å²) in [5.41, 5.74) is 11.8. The minimum absolute atomic E-state index is 0. The summed E-state index contributed by atoms with van der Waals surface area (Å²) in [6.07, 6.45) is 0. The van der Waals surface area contributed by atoms with Crippen LogP contribution in [0, 0.1) is 0 Å². The van der Waals surface area contributed by atoms with Crippen molar-refractivity contribution in [3.63, 3.8) is 0 Å². The van der Waals surface area contributed by atoms with Crippen molar-refractivity contribution in [2.75, 3.05) is 0 Å². The number of hydrogen-bond donors (Lipinski definition) is 0. The molecule has 0 nitrogen and oxygen atoms in total. The monoisotopic (exact) mass is 884 g/mol. The van der Waals surface area contributed by atoms with E-state index in [0.717, 1.165) is 0 Å². The first-order chi connectivity index (χ1) is 24.0. The second-order valence-electron chi connectivity index (χ2n) is 19.5. The fourth-order valence-corrected chi connectivity index (χ4v) is 9.68. The van der Waals surface area contributed by atoms with Gasteiger partial charge in [-0.3, -0.25) is 0 Å². The molecule has 0 N–H and O–H groups in total. The average Bonchev–Trinajstić information content (AvgIpc) is 3.61. The van der Waals surface area contributed by atoms with E-state index in [-0.39, 0.29) is 41.1 Å². The first kappa shape index (κ1) is 48.4. The summed E-state index contributed by atoms with van der Waals surface area (Å²) in [5.74, 6) is 0. The fourth-order valence-electron chi connectivity index (χ4n) is 6.83. The van der Waals surface area contributed by atoms with E-state index < -0.39 is 16.1 Å². The summed E-state index contributed by atoms with van der Waals surface area (Å²) in [5, 5.41) is 5.55. The number of benzene rings is 4. The minimum atomic E-state index is -1.09. The van der Waals surface area contributed by atoms with Gasteiger partial charge in [-0.1, -0.05) is 165 Å². The maximum atomic E-state index is 2.44. The molecule has 0 amide bonds. The molecule has 0 atom stereocenters. The largest absolute Gasteiger partial charge is 1.00 e. The van der Waals surface area contributed by atoms with Crippen molar-refractivity contribution in [1.82, 2.24) is 0 Å². The molecule has 0 unspecified atom stereocenters. The molecule has 6 aromatic carbocycles. The molecule has 6 aromatic rings. The van der Waals surface area contributed by atoms with Crippen molar-refractivity contribution < 1.29 is 48.1 Å². The van der Waals surface area contributed by atoms with Crippen LogP contribution in [0.5, 0.6) is 0 Å². The van der Waals surface area contributed by atoms with Gasteiger partial charge < -0.3 is 24.8 Å². The molecule has 0 saturated carbocycles. The Hall–Kier alpha value is -1.79. The summed E-state index contributed by atoms with van der Waals surface area (Å²) >= 11 is 1.74. The van der Waals surface area contributed by atoms with E-state index in [4.69, 9.17) is 0 Å². The minimum Gasteiger partial charge on any atom is -1.00 e. The molecule has 0 aromatic heterocycles. The predicted octanol–water partition coefficient (Wildman–Crippen LogP) is 8.68. The Morgan fingerprint density at radius 2 is 0.815 bits per heavy atom. The van der Waals surface area contributed by atoms with Crippen LogP contribution in [0.25, 0.3) is 43.8 Å². The Bertz CT molecular complexity index is 1940. The first-order valence-corrected chi connectivity index (χ1v) is 32.7. The second-order valence-corrected chi connectivity index (χ2v) is 39.8. The topological polar surface area (TPSA) is 0 Å². The van der Waals surface area contributed by atoms with Gasteiger partial charge in [-0.15, -0.1) is 69.1 Å². The molecule has 0 heterocycles. The summed E-state index contributed by atoms with van der Waals surface area (Å²) in [6.45, 7) is 32.9. The number of rotatable bonds is 6. The molecule has 6 rings (SSSR count). The molecular formula is C48H64Cl2Si3Zr-2. The third kappa shape index (κ3) is 14.3. The van der Waals surface area contributed by atoms with Gasteiger partial charge in [0.25, 0.3) is 0 Å². The number of halogens is 2. The molecule has 288 valence electrons. The third-order valence-electron chi connectivity index (χ3n) is 9.21. The molecule has 6 heteroatoms. The van der Waals surface area contributed by atoms with Gasteiger partial charge in [0.2, 0.25) is 0 Å². The zero-order valence-electron chi connectivity index (χ0n) is 35.6. The van der Waals surface area contributed by atoms with Crippen molar-refractivity contribution >= 4 is 43.1 Å². The van der Waals surface area contributed by atoms with E-state index in [2.05, 4.69) is 203 Å². The van der Waals surface area contributed by atoms with Crippen molar-refractivity contribution in [3.05, 3.63) is 131 Å². The molecule has 0 spiro atoms. The van der Waals surface area contributed by atoms with Crippen LogP contribution in [0.4, 0.5) is 0 Å². The van der Waals surface area contributed by atoms with Crippen LogP contribution >= 0.6 is 0 Å². The van der Waals surface area contributed by atoms with Crippen LogP contribution in [0.1, 0.15) is 63.8 Å². The van der Waals surface area contributed by atoms with Crippen molar-refractivity contribution in [2.45, 2.75) is 117 Å². The van der Waals surface area contributed by atoms with E-state index in [0.29, 0.717) is 0 Å². The van der Waals surface area contributed by atoms with Crippen LogP contribution < -0.4 is 24.8 Å². The maximum Gasteiger partial charge on any atom is -1.00 e. The molecule has 0 bridgehead atoms. The third-order valence-corrected chi connectivity index (χ3v) is 12.2. The smallest absolute Gasteiger partial charge is 1.00 e. The Morgan fingerprint density at radius 1 is 0.519 bits per heavy atom. The van der Waals surface area contributed by atoms with Crippen LogP contribution in [0.3, 0.4) is 0 Å². The van der Waals surface area contributed by atoms with Gasteiger partial charge in [0, 0.05) is 16.1 Å². The second kappa shape index (κ2) is 19.6. The standard InChI is InChI=1S/2C23H29Si.C2H6Si.2ClH.Zr/c2*1-23(2,3)20-12-10-18(11-13-20)21-9-7-8-19-14-17(15-22(19)21)16-24(4,5)6;1-3-2;;;/h2*7-15H,16H2,1-6H3;1-2H3;2*1H;/q2*-1;;;;+2/p-2. The average molecular weight is 887 g/mol. The maximum absolute atomic E-state index is 2.44. The van der Waals surface area contributed by atoms with Gasteiger partial charge in [0.15, 0.2) is 0 Å². The van der Waals surface area contributed by atoms with E-state index in [1.807, 2.05) is 0 Å². The van der Waals surface area contributed by atoms with Crippen LogP contribution in [0.15, 0.2) is 109 Å². The summed E-state index contributed by atoms with van der Waals surface area (Å²) in [7, 11) is -2.17. The zero-order chi connectivity index (χ0) is 38.6. The normalized spacial score (nSPS) is 11.9. The van der Waals surface area contributed by atoms with E-state index >= 15 is 0 Å². The van der Waals surface area contributed by atoms with Crippen LogP contribution in [-0.4, -0.2) is 21.6 Å². The van der Waals surface area contributed by atoms with Crippen molar-refractivity contribution in [2.24, 2.45) is 0 Å². The Labute approximate surface area is 358 Å². The van der Waals surface area contributed by atoms with E-state index in [9.17, 15) is 0 Å². The molecule has 0 aliphatic heterocycles. The van der Waals surface area contributed by atoms with E-state index in [1.165, 1.54) is 78.1 Å². The molecule has 54 heavy (non-hydrogen) atoms. The Kier molecular flexibility index (Phi) is 17.5. The Morgan fingerprint density at radius 3 is 1.07 bits per heavy atom. The van der Waals surface area contributed by atoms with Crippen LogP contribution in [0.2, 0.25) is 52.4 Å². The van der Waals surface area contributed by atoms with Gasteiger partial charge in [-0.05, 0) is 33.1 Å². The molecule has 0 aliphatic rings. The van der Waals surface area contributed by atoms with Crippen molar-refractivity contribution in [1.29, 1.82) is 0 Å². The molecule has 0 radical (unpaired) electrons. The molecule has 0 aliphatic carbocycles. The van der Waals surface area contributed by atoms with Gasteiger partial charge >= 0.3 is 41.9 Å². The van der Waals surface area contributed by atoms with Gasteiger partial charge in [0.05, 0.1) is 0 Å². The Balaban J connectivity index is 0.000000329. The quantitative estimate of drug-likeness (QED) is 0.116. The van der Waals surface area contributed by atoms with Crippen LogP contribution in [-0.2, 0) is 46.3 Å². The predicted molar refractivity (Wildman–Crippen MR) is 239 cm³/mol. The van der Waals surface area contributed by atoms with Gasteiger partial charge in [0.1, 0.15) is 0 Å². The van der Waals surface area contributed by atoms with Gasteiger partial charge in [-0.25, -0.2) is 0 Å². The first-order valence-electron chi connectivity index (χ1n) is 19.1. The molecular weight excluding hydrogens is 823 g/mol.